The number of nitrogens with zero attached hydrogens (tertiary/aromatic N) is 5. The fourth-order valence-electron chi connectivity index (χ4n) is 3.11. The average Bonchev–Trinajstić information content (AvgIpc) is 3.49. The van der Waals surface area contributed by atoms with E-state index < -0.39 is 0 Å². The Labute approximate surface area is 168 Å². The standard InChI is InChI=1S/C18H16N6O2S2/c25-17(19-16-13-3-1-2-4-14(13)26-21-16)23-6-8-24(9-7-23)18-20-15(22-28-18)12-5-10-27-11-12/h1-5,10-11H,6-9H2,(H,19,21,25). The van der Waals surface area contributed by atoms with Crippen molar-refractivity contribution in [1.82, 2.24) is 19.4 Å². The van der Waals surface area contributed by atoms with Gasteiger partial charge in [0.25, 0.3) is 0 Å². The van der Waals surface area contributed by atoms with Crippen molar-refractivity contribution in [3.05, 3.63) is 41.1 Å². The van der Waals surface area contributed by atoms with Crippen LogP contribution in [-0.2, 0) is 0 Å². The molecule has 1 fully saturated rings. The van der Waals surface area contributed by atoms with E-state index in [1.807, 2.05) is 41.1 Å². The third-order valence-electron chi connectivity index (χ3n) is 4.63. The number of hydrogen-bond acceptors (Lipinski definition) is 8. The van der Waals surface area contributed by atoms with Gasteiger partial charge in [-0.05, 0) is 23.6 Å². The minimum atomic E-state index is -0.171. The summed E-state index contributed by atoms with van der Waals surface area (Å²) < 4.78 is 9.69. The quantitative estimate of drug-likeness (QED) is 0.551. The van der Waals surface area contributed by atoms with E-state index in [-0.39, 0.29) is 6.03 Å². The molecule has 0 radical (unpaired) electrons. The minimum Gasteiger partial charge on any atom is -0.354 e. The molecule has 1 aromatic carbocycles. The SMILES string of the molecule is O=C(Nc1noc2ccccc12)N1CCN(c2nc(-c3ccsc3)ns2)CC1. The second-order valence-electron chi connectivity index (χ2n) is 6.34. The van der Waals surface area contributed by atoms with Crippen LogP contribution in [0, 0.1) is 0 Å². The van der Waals surface area contributed by atoms with Gasteiger partial charge in [0.15, 0.2) is 17.2 Å². The van der Waals surface area contributed by atoms with Crippen molar-refractivity contribution in [2.45, 2.75) is 0 Å². The molecule has 1 aliphatic heterocycles. The van der Waals surface area contributed by atoms with Gasteiger partial charge in [-0.1, -0.05) is 17.3 Å². The highest BCUT2D eigenvalue weighted by atomic mass is 32.1. The zero-order valence-electron chi connectivity index (χ0n) is 14.7. The van der Waals surface area contributed by atoms with Crippen molar-refractivity contribution in [3.8, 4) is 11.4 Å². The molecule has 1 saturated heterocycles. The zero-order valence-corrected chi connectivity index (χ0v) is 16.4. The molecular formula is C18H16N6O2S2. The summed E-state index contributed by atoms with van der Waals surface area (Å²) in [6.07, 6.45) is 0. The number of fused-ring (bicyclic) bond motifs is 1. The first-order valence-electron chi connectivity index (χ1n) is 8.79. The number of aromatic nitrogens is 3. The summed E-state index contributed by atoms with van der Waals surface area (Å²) in [5.41, 5.74) is 1.70. The molecule has 1 N–H and O–H groups in total. The van der Waals surface area contributed by atoms with Gasteiger partial charge in [0, 0.05) is 48.7 Å². The number of anilines is 2. The molecule has 5 rings (SSSR count). The maximum absolute atomic E-state index is 12.6. The van der Waals surface area contributed by atoms with Gasteiger partial charge >= 0.3 is 6.03 Å². The molecular weight excluding hydrogens is 396 g/mol. The van der Waals surface area contributed by atoms with Gasteiger partial charge in [0.1, 0.15) is 0 Å². The first-order valence-corrected chi connectivity index (χ1v) is 10.5. The molecule has 1 aliphatic rings. The summed E-state index contributed by atoms with van der Waals surface area (Å²) >= 11 is 3.03. The lowest BCUT2D eigenvalue weighted by Gasteiger charge is -2.34. The summed E-state index contributed by atoms with van der Waals surface area (Å²) in [5.74, 6) is 1.21. The van der Waals surface area contributed by atoms with Crippen molar-refractivity contribution in [1.29, 1.82) is 0 Å². The number of rotatable bonds is 3. The Morgan fingerprint density at radius 1 is 1.14 bits per heavy atom. The van der Waals surface area contributed by atoms with Crippen LogP contribution in [0.3, 0.4) is 0 Å². The predicted octanol–water partition coefficient (Wildman–Crippen LogP) is 3.76. The van der Waals surface area contributed by atoms with Gasteiger partial charge in [0.05, 0.1) is 5.39 Å². The van der Waals surface area contributed by atoms with Crippen LogP contribution in [0.4, 0.5) is 15.7 Å². The van der Waals surface area contributed by atoms with Gasteiger partial charge in [-0.15, -0.1) is 0 Å². The Kier molecular flexibility index (Phi) is 4.41. The molecule has 4 heterocycles. The lowest BCUT2D eigenvalue weighted by atomic mass is 10.2. The third-order valence-corrected chi connectivity index (χ3v) is 6.10. The molecule has 142 valence electrons. The Hall–Kier alpha value is -2.98. The third kappa shape index (κ3) is 3.20. The Bertz CT molecular complexity index is 1100. The average molecular weight is 413 g/mol. The Morgan fingerprint density at radius 2 is 2.00 bits per heavy atom. The summed E-state index contributed by atoms with van der Waals surface area (Å²) in [7, 11) is 0. The van der Waals surface area contributed by atoms with Crippen LogP contribution in [0.5, 0.6) is 0 Å². The van der Waals surface area contributed by atoms with Crippen LogP contribution >= 0.6 is 22.9 Å². The van der Waals surface area contributed by atoms with Gasteiger partial charge < -0.3 is 14.3 Å². The smallest absolute Gasteiger partial charge is 0.323 e. The van der Waals surface area contributed by atoms with E-state index in [0.29, 0.717) is 37.6 Å². The van der Waals surface area contributed by atoms with Crippen LogP contribution in [-0.4, -0.2) is 51.6 Å². The molecule has 10 heteroatoms. The zero-order chi connectivity index (χ0) is 18.9. The maximum atomic E-state index is 12.6. The van der Waals surface area contributed by atoms with Crippen molar-refractivity contribution >= 4 is 50.8 Å². The number of piperazine rings is 1. The second-order valence-corrected chi connectivity index (χ2v) is 7.85. The fourth-order valence-corrected chi connectivity index (χ4v) is 4.48. The Morgan fingerprint density at radius 3 is 2.82 bits per heavy atom. The van der Waals surface area contributed by atoms with Crippen molar-refractivity contribution < 1.29 is 9.32 Å². The van der Waals surface area contributed by atoms with Crippen LogP contribution in [0.2, 0.25) is 0 Å². The van der Waals surface area contributed by atoms with Gasteiger partial charge in [0.2, 0.25) is 5.13 Å². The number of urea groups is 1. The van der Waals surface area contributed by atoms with Gasteiger partial charge in [-0.25, -0.2) is 4.79 Å². The van der Waals surface area contributed by atoms with Crippen LogP contribution in [0.15, 0.2) is 45.6 Å². The molecule has 0 unspecified atom stereocenters. The highest BCUT2D eigenvalue weighted by molar-refractivity contribution is 7.10. The summed E-state index contributed by atoms with van der Waals surface area (Å²) in [6.45, 7) is 2.64. The second kappa shape index (κ2) is 7.21. The first-order chi connectivity index (χ1) is 13.8. The van der Waals surface area contributed by atoms with Gasteiger partial charge in [-0.2, -0.15) is 20.7 Å². The predicted molar refractivity (Wildman–Crippen MR) is 110 cm³/mol. The normalized spacial score (nSPS) is 14.6. The van der Waals surface area contributed by atoms with Crippen molar-refractivity contribution in [2.24, 2.45) is 0 Å². The monoisotopic (exact) mass is 412 g/mol. The molecule has 8 nitrogen and oxygen atoms in total. The van der Waals surface area contributed by atoms with E-state index in [1.54, 1.807) is 16.2 Å². The maximum Gasteiger partial charge on any atom is 0.323 e. The fraction of sp³-hybridized carbons (Fsp3) is 0.222. The molecule has 0 spiro atoms. The van der Waals surface area contributed by atoms with Crippen LogP contribution in [0.1, 0.15) is 0 Å². The van der Waals surface area contributed by atoms with E-state index in [9.17, 15) is 4.79 Å². The molecule has 0 saturated carbocycles. The number of nitrogens with one attached hydrogen (secondary N) is 1. The van der Waals surface area contributed by atoms with E-state index in [2.05, 4.69) is 24.7 Å². The lowest BCUT2D eigenvalue weighted by Crippen LogP contribution is -2.50. The van der Waals surface area contributed by atoms with Crippen LogP contribution < -0.4 is 10.2 Å². The molecule has 3 aromatic heterocycles. The molecule has 28 heavy (non-hydrogen) atoms. The van der Waals surface area contributed by atoms with E-state index >= 15 is 0 Å². The number of carbonyl (C=O) groups excluding carboxylic acids is 1. The van der Waals surface area contributed by atoms with E-state index in [1.165, 1.54) is 11.5 Å². The highest BCUT2D eigenvalue weighted by Gasteiger charge is 2.24. The first kappa shape index (κ1) is 17.1. The largest absolute Gasteiger partial charge is 0.354 e. The Balaban J connectivity index is 1.21. The molecule has 0 aliphatic carbocycles. The van der Waals surface area contributed by atoms with Gasteiger partial charge in [-0.3, -0.25) is 5.32 Å². The van der Waals surface area contributed by atoms with Crippen molar-refractivity contribution in [3.63, 3.8) is 0 Å². The summed E-state index contributed by atoms with van der Waals surface area (Å²) in [4.78, 5) is 21.2. The summed E-state index contributed by atoms with van der Waals surface area (Å²) in [6, 6.07) is 9.31. The number of thiophene rings is 1. The lowest BCUT2D eigenvalue weighted by molar-refractivity contribution is 0.208. The number of benzene rings is 1. The number of amides is 2. The number of carbonyl (C=O) groups is 1. The summed E-state index contributed by atoms with van der Waals surface area (Å²) in [5, 5.41) is 12.6. The van der Waals surface area contributed by atoms with Crippen LogP contribution in [0.25, 0.3) is 22.4 Å². The minimum absolute atomic E-state index is 0.171. The topological polar surface area (TPSA) is 87.4 Å². The molecule has 4 aromatic rings. The molecule has 2 amide bonds. The van der Waals surface area contributed by atoms with E-state index in [0.717, 1.165) is 21.9 Å². The highest BCUT2D eigenvalue weighted by Crippen LogP contribution is 2.26. The number of hydrogen-bond donors (Lipinski definition) is 1. The molecule has 0 bridgehead atoms. The van der Waals surface area contributed by atoms with E-state index in [4.69, 9.17) is 4.52 Å². The number of para-hydroxylation sites is 1. The molecule has 0 atom stereocenters. The van der Waals surface area contributed by atoms with Crippen molar-refractivity contribution in [2.75, 3.05) is 36.4 Å².